The number of esters is 5. The molecule has 0 heterocycles. The molecule has 3 unspecified atom stereocenters. The smallest absolute Gasteiger partial charge is 0.345 e. The highest BCUT2D eigenvalue weighted by Gasteiger charge is 2.17. The lowest BCUT2D eigenvalue weighted by Gasteiger charge is -2.04. The van der Waals surface area contributed by atoms with E-state index < -0.39 is 103 Å². The quantitative estimate of drug-likeness (QED) is 0.135. The molecule has 0 saturated carbocycles. The third-order valence-corrected chi connectivity index (χ3v) is 4.87. The zero-order valence-electron chi connectivity index (χ0n) is 27.1. The maximum absolute atomic E-state index is 11.6. The first-order chi connectivity index (χ1) is 21.8. The van der Waals surface area contributed by atoms with Gasteiger partial charge in [-0.2, -0.15) is 8.42 Å². The summed E-state index contributed by atoms with van der Waals surface area (Å²) >= 11 is -5.84. The van der Waals surface area contributed by atoms with E-state index in [1.54, 1.807) is 0 Å². The molecule has 50 heavy (non-hydrogen) atoms. The summed E-state index contributed by atoms with van der Waals surface area (Å²) in [6, 6.07) is 0. The van der Waals surface area contributed by atoms with E-state index in [9.17, 15) is 48.8 Å². The van der Waals surface area contributed by atoms with Crippen LogP contribution in [0.1, 0.15) is 42.0 Å². The van der Waals surface area contributed by atoms with Crippen LogP contribution in [-0.2, 0) is 103 Å². The van der Waals surface area contributed by atoms with Crippen molar-refractivity contribution < 1.29 is 99.0 Å². The summed E-state index contributed by atoms with van der Waals surface area (Å²) in [5.41, 5.74) is 0. The number of aliphatic hydroxyl groups excluding tert-OH is 1. The van der Waals surface area contributed by atoms with Crippen LogP contribution in [0.2, 0.25) is 0 Å². The molecule has 0 amide bonds. The molecule has 0 radical (unpaired) electrons. The summed E-state index contributed by atoms with van der Waals surface area (Å²) in [5.74, 6) is -3.54. The number of methoxy groups -OCH3 is 5. The van der Waals surface area contributed by atoms with Gasteiger partial charge in [0.2, 0.25) is 9.23 Å². The van der Waals surface area contributed by atoms with Crippen molar-refractivity contribution >= 4 is 104 Å². The minimum atomic E-state index is -2.92. The predicted molar refractivity (Wildman–Crippen MR) is 176 cm³/mol. The molecule has 0 bridgehead atoms. The number of rotatable bonds is 11. The summed E-state index contributed by atoms with van der Waals surface area (Å²) in [6.07, 6.45) is -5.63. The summed E-state index contributed by atoms with van der Waals surface area (Å²) in [6.45, 7) is 6.36. The van der Waals surface area contributed by atoms with Crippen LogP contribution in [0.5, 0.6) is 0 Å². The molecule has 0 aliphatic carbocycles. The molecule has 1 N–H and O–H groups in total. The van der Waals surface area contributed by atoms with Crippen molar-refractivity contribution in [1.29, 1.82) is 0 Å². The number of ether oxygens (including phenoxy) is 5. The van der Waals surface area contributed by atoms with Crippen molar-refractivity contribution in [2.75, 3.05) is 35.5 Å². The van der Waals surface area contributed by atoms with Crippen molar-refractivity contribution in [3.8, 4) is 0 Å². The van der Waals surface area contributed by atoms with E-state index in [1.807, 2.05) is 0 Å². The molecule has 0 fully saturated rings. The van der Waals surface area contributed by atoms with Crippen molar-refractivity contribution in [2.24, 2.45) is 0 Å². The molecule has 0 aromatic rings. The van der Waals surface area contributed by atoms with Gasteiger partial charge in [0.15, 0.2) is 24.5 Å². The van der Waals surface area contributed by atoms with Crippen molar-refractivity contribution in [3.63, 3.8) is 0 Å². The fourth-order valence-corrected chi connectivity index (χ4v) is 2.53. The summed E-state index contributed by atoms with van der Waals surface area (Å²) in [4.78, 5) is 51.3. The molecule has 29 heteroatoms. The minimum Gasteiger partial charge on any atom is -0.467 e. The first-order valence-electron chi connectivity index (χ1n) is 11.5. The van der Waals surface area contributed by atoms with E-state index in [0.29, 0.717) is 0 Å². The lowest BCUT2D eigenvalue weighted by atomic mass is 10.4. The summed E-state index contributed by atoms with van der Waals surface area (Å²) < 4.78 is 106. The van der Waals surface area contributed by atoms with Crippen molar-refractivity contribution in [3.05, 3.63) is 0 Å². The highest BCUT2D eigenvalue weighted by atomic mass is 36.0. The normalized spacial score (nSPS) is 13.9. The van der Waals surface area contributed by atoms with E-state index in [4.69, 9.17) is 20.0 Å². The van der Waals surface area contributed by atoms with Crippen molar-refractivity contribution in [1.82, 2.24) is 0 Å². The number of hydrogen-bond donors (Lipinski definition) is 1. The molecule has 0 aliphatic rings. The Morgan fingerprint density at radius 3 is 0.880 bits per heavy atom. The van der Waals surface area contributed by atoms with Crippen LogP contribution in [0.3, 0.4) is 0 Å². The van der Waals surface area contributed by atoms with Gasteiger partial charge in [-0.05, 0) is 34.6 Å². The molecule has 0 spiro atoms. The molecule has 18 nitrogen and oxygen atoms in total. The van der Waals surface area contributed by atoms with Crippen molar-refractivity contribution in [2.45, 2.75) is 72.6 Å². The number of carbonyl (C=O) groups excluding carboxylic acids is 5. The topological polar surface area (TPSA) is 248 Å². The van der Waals surface area contributed by atoms with E-state index in [-0.39, 0.29) is 12.1 Å². The van der Waals surface area contributed by atoms with Gasteiger partial charge in [0, 0.05) is 32.0 Å². The maximum Gasteiger partial charge on any atom is 0.345 e. The number of carbonyl (C=O) groups is 5. The zero-order valence-corrected chi connectivity index (χ0v) is 32.6. The lowest BCUT2D eigenvalue weighted by molar-refractivity contribution is -0.149. The molecular formula is C21H41Cl3F4O18S4. The highest BCUT2D eigenvalue weighted by Crippen LogP contribution is 2.00. The molecule has 0 aromatic heterocycles. The Balaban J connectivity index is -0.0000000714. The van der Waals surface area contributed by atoms with Crippen LogP contribution in [0, 0.1) is 0 Å². The van der Waals surface area contributed by atoms with E-state index in [2.05, 4.69) is 57.6 Å². The molecule has 306 valence electrons. The summed E-state index contributed by atoms with van der Waals surface area (Å²) in [5, 5.41) is 8.35. The van der Waals surface area contributed by atoms with Crippen LogP contribution >= 0.6 is 32.0 Å². The molecule has 8 atom stereocenters. The van der Waals surface area contributed by atoms with E-state index in [0.717, 1.165) is 28.3 Å². The second kappa shape index (κ2) is 43.5. The molecule has 0 aromatic carbocycles. The van der Waals surface area contributed by atoms with Gasteiger partial charge in [-0.1, -0.05) is 7.43 Å². The van der Waals surface area contributed by atoms with Gasteiger partial charge >= 0.3 is 52.8 Å². The minimum absolute atomic E-state index is 0. The lowest BCUT2D eigenvalue weighted by Crippen LogP contribution is -2.21. The van der Waals surface area contributed by atoms with Crippen LogP contribution in [0.4, 0.5) is 16.9 Å². The number of hydrogen-bond acceptors (Lipinski definition) is 18. The predicted octanol–water partition coefficient (Wildman–Crippen LogP) is 2.50. The van der Waals surface area contributed by atoms with Crippen LogP contribution < -0.4 is 0 Å². The third-order valence-electron chi connectivity index (χ3n) is 3.33. The van der Waals surface area contributed by atoms with Gasteiger partial charge in [0.05, 0.1) is 35.5 Å². The third kappa shape index (κ3) is 58.6. The van der Waals surface area contributed by atoms with Crippen LogP contribution in [0.25, 0.3) is 0 Å². The second-order valence-electron chi connectivity index (χ2n) is 6.89. The Bertz CT molecular complexity index is 914. The average molecular weight is 892 g/mol. The Kier molecular flexibility index (Phi) is 58.0. The molecule has 0 rings (SSSR count). The SMILES string of the molecule is C.COC(=O)[C@@H](C)F.COC(=O)[C@H](C)O.COC(=O)[C@H](C)OS(=O)Cl.COC(=O)[C@H](C)OS(=O)F.COC(=O)[C@H](C)OS(=O)F.F.O=S(Cl)Cl. The standard InChI is InChI=1S/C4H7ClO4S.2C4H7FO4S.C4H7FO2.C4H8O3.CH4.Cl2OS.FH/c3*1-3(4(6)8-2)9-10(5)7;2*1-3(5)4(6)7-2;;1-4(2)3;/h3*3H,1-2H3;3H,1-2H3;3,5H,1-2H3;1H4;;1H/t3*3-,10?;2*3-;;;/m00010.../s1. The first kappa shape index (κ1) is 66.6. The monoisotopic (exact) mass is 890 g/mol. The maximum atomic E-state index is 11.6. The number of halogens is 7. The largest absolute Gasteiger partial charge is 0.467 e. The van der Waals surface area contributed by atoms with Gasteiger partial charge < -0.3 is 28.8 Å². The number of aliphatic hydroxyl groups is 1. The molecule has 0 aliphatic heterocycles. The fraction of sp³-hybridized carbons (Fsp3) is 0.762. The average Bonchev–Trinajstić information content (AvgIpc) is 2.98. The summed E-state index contributed by atoms with van der Waals surface area (Å²) in [7, 11) is 16.2. The first-order valence-corrected chi connectivity index (χ1v) is 18.2. The van der Waals surface area contributed by atoms with Gasteiger partial charge in [-0.25, -0.2) is 36.8 Å². The van der Waals surface area contributed by atoms with E-state index >= 15 is 0 Å². The van der Waals surface area contributed by atoms with Crippen LogP contribution in [-0.4, -0.2) is 118 Å². The van der Waals surface area contributed by atoms with Gasteiger partial charge in [-0.15, -0.1) is 7.77 Å². The Hall–Kier alpha value is -1.62. The van der Waals surface area contributed by atoms with Gasteiger partial charge in [0.1, 0.15) is 6.10 Å². The number of alkyl halides is 1. The molecular weight excluding hydrogens is 851 g/mol. The van der Waals surface area contributed by atoms with Crippen LogP contribution in [0.15, 0.2) is 0 Å². The Labute approximate surface area is 310 Å². The fourth-order valence-electron chi connectivity index (χ4n) is 1.29. The van der Waals surface area contributed by atoms with Gasteiger partial charge in [0.25, 0.3) is 10.3 Å². The van der Waals surface area contributed by atoms with Gasteiger partial charge in [-0.3, -0.25) is 17.3 Å². The second-order valence-corrected chi connectivity index (χ2v) is 11.9. The highest BCUT2D eigenvalue weighted by molar-refractivity contribution is 8.26. The Morgan fingerprint density at radius 2 is 0.780 bits per heavy atom. The Morgan fingerprint density at radius 1 is 0.560 bits per heavy atom. The zero-order chi connectivity index (χ0) is 39.7. The van der Waals surface area contributed by atoms with E-state index in [1.165, 1.54) is 41.9 Å². The molecule has 0 saturated heterocycles.